The van der Waals surface area contributed by atoms with Gasteiger partial charge in [-0.3, -0.25) is 0 Å². The van der Waals surface area contributed by atoms with Crippen molar-refractivity contribution in [3.63, 3.8) is 0 Å². The van der Waals surface area contributed by atoms with E-state index < -0.39 is 8.07 Å². The molecule has 2 heteroatoms. The molecule has 1 rings (SSSR count). The Morgan fingerprint density at radius 3 is 2.20 bits per heavy atom. The van der Waals surface area contributed by atoms with Crippen LogP contribution in [-0.4, -0.2) is 20.7 Å². The van der Waals surface area contributed by atoms with Crippen LogP contribution in [0.4, 0.5) is 0 Å². The van der Waals surface area contributed by atoms with E-state index in [9.17, 15) is 0 Å². The van der Waals surface area contributed by atoms with Gasteiger partial charge in [-0.05, 0) is 37.0 Å². The van der Waals surface area contributed by atoms with Crippen molar-refractivity contribution in [3.05, 3.63) is 0 Å². The van der Waals surface area contributed by atoms with Crippen molar-refractivity contribution in [2.24, 2.45) is 11.3 Å². The zero-order valence-electron chi connectivity index (χ0n) is 15.0. The van der Waals surface area contributed by atoms with Crippen molar-refractivity contribution in [1.29, 1.82) is 0 Å². The molecule has 1 nitrogen and oxygen atoms in total. The summed E-state index contributed by atoms with van der Waals surface area (Å²) in [6, 6.07) is 2.14. The third-order valence-corrected chi connectivity index (χ3v) is 6.73. The molecule has 1 saturated carbocycles. The molecule has 0 amide bonds. The minimum absolute atomic E-state index is 0.622. The lowest BCUT2D eigenvalue weighted by Gasteiger charge is -2.44. The SMILES string of the molecule is CCCCC1CCC(CNC(C)C)(C[Si](C)(C)C)CC1. The third kappa shape index (κ3) is 6.75. The van der Waals surface area contributed by atoms with Gasteiger partial charge in [-0.1, -0.05) is 65.7 Å². The maximum Gasteiger partial charge on any atom is 0.0448 e. The van der Waals surface area contributed by atoms with Gasteiger partial charge in [-0.2, -0.15) is 0 Å². The molecule has 0 spiro atoms. The highest BCUT2D eigenvalue weighted by atomic mass is 28.3. The fraction of sp³-hybridized carbons (Fsp3) is 1.00. The normalized spacial score (nSPS) is 28.1. The molecule has 0 aromatic carbocycles. The monoisotopic (exact) mass is 297 g/mol. The molecule has 1 aliphatic rings. The molecule has 0 bridgehead atoms. The molecular weight excluding hydrogens is 258 g/mol. The summed E-state index contributed by atoms with van der Waals surface area (Å²) in [5.74, 6) is 1.03. The molecule has 0 aliphatic heterocycles. The van der Waals surface area contributed by atoms with Gasteiger partial charge in [0.2, 0.25) is 0 Å². The first-order valence-electron chi connectivity index (χ1n) is 9.00. The minimum atomic E-state index is -0.976. The first kappa shape index (κ1) is 18.2. The Bertz CT molecular complexity index is 259. The fourth-order valence-electron chi connectivity index (χ4n) is 4.03. The number of nitrogens with one attached hydrogen (secondary N) is 1. The average Bonchev–Trinajstić information content (AvgIpc) is 2.34. The minimum Gasteiger partial charge on any atom is -0.314 e. The molecule has 0 heterocycles. The summed E-state index contributed by atoms with van der Waals surface area (Å²) in [7, 11) is -0.976. The Labute approximate surface area is 129 Å². The van der Waals surface area contributed by atoms with Gasteiger partial charge in [0.05, 0.1) is 0 Å². The van der Waals surface area contributed by atoms with Crippen LogP contribution in [0.5, 0.6) is 0 Å². The standard InChI is InChI=1S/C18H39NSi/c1-7-8-9-17-10-12-18(13-11-17,14-19-16(2)3)15-20(4,5)6/h16-17,19H,7-15H2,1-6H3. The molecule has 20 heavy (non-hydrogen) atoms. The van der Waals surface area contributed by atoms with Crippen LogP contribution in [0.3, 0.4) is 0 Å². The Hall–Kier alpha value is 0.177. The average molecular weight is 298 g/mol. The number of hydrogen-bond donors (Lipinski definition) is 1. The Kier molecular flexibility index (Phi) is 7.27. The van der Waals surface area contributed by atoms with E-state index in [1.54, 1.807) is 0 Å². The highest BCUT2D eigenvalue weighted by Crippen LogP contribution is 2.45. The van der Waals surface area contributed by atoms with Gasteiger partial charge < -0.3 is 5.32 Å². The molecule has 0 unspecified atom stereocenters. The van der Waals surface area contributed by atoms with Gasteiger partial charge in [0.1, 0.15) is 0 Å². The number of unbranched alkanes of at least 4 members (excludes halogenated alkanes) is 1. The van der Waals surface area contributed by atoms with Gasteiger partial charge in [-0.25, -0.2) is 0 Å². The summed E-state index contributed by atoms with van der Waals surface area (Å²) < 4.78 is 0. The second-order valence-corrected chi connectivity index (χ2v) is 14.3. The first-order valence-corrected chi connectivity index (χ1v) is 12.7. The Morgan fingerprint density at radius 2 is 1.75 bits per heavy atom. The topological polar surface area (TPSA) is 12.0 Å². The lowest BCUT2D eigenvalue weighted by molar-refractivity contribution is 0.154. The van der Waals surface area contributed by atoms with Crippen molar-refractivity contribution in [3.8, 4) is 0 Å². The zero-order valence-corrected chi connectivity index (χ0v) is 16.0. The molecule has 0 radical (unpaired) electrons. The molecule has 1 N–H and O–H groups in total. The van der Waals surface area contributed by atoms with Gasteiger partial charge in [0.15, 0.2) is 0 Å². The Balaban J connectivity index is 2.57. The third-order valence-electron chi connectivity index (χ3n) is 4.92. The van der Waals surface area contributed by atoms with Crippen LogP contribution in [-0.2, 0) is 0 Å². The summed E-state index contributed by atoms with van der Waals surface area (Å²) in [5, 5.41) is 3.76. The molecular formula is C18H39NSi. The lowest BCUT2D eigenvalue weighted by Crippen LogP contribution is -2.44. The van der Waals surface area contributed by atoms with Crippen LogP contribution in [0.1, 0.15) is 65.7 Å². The van der Waals surface area contributed by atoms with Crippen molar-refractivity contribution < 1.29 is 0 Å². The van der Waals surface area contributed by atoms with Crippen LogP contribution in [0, 0.1) is 11.3 Å². The van der Waals surface area contributed by atoms with Crippen LogP contribution in [0.25, 0.3) is 0 Å². The van der Waals surface area contributed by atoms with Crippen LogP contribution in [0.2, 0.25) is 25.7 Å². The van der Waals surface area contributed by atoms with Crippen LogP contribution >= 0.6 is 0 Å². The van der Waals surface area contributed by atoms with Gasteiger partial charge in [-0.15, -0.1) is 0 Å². The summed E-state index contributed by atoms with van der Waals surface area (Å²) in [5.41, 5.74) is 0.622. The van der Waals surface area contributed by atoms with E-state index in [1.165, 1.54) is 57.5 Å². The predicted molar refractivity (Wildman–Crippen MR) is 95.2 cm³/mol. The quantitative estimate of drug-likeness (QED) is 0.567. The van der Waals surface area contributed by atoms with E-state index in [2.05, 4.69) is 45.7 Å². The van der Waals surface area contributed by atoms with Crippen LogP contribution < -0.4 is 5.32 Å². The molecule has 0 atom stereocenters. The molecule has 1 fully saturated rings. The van der Waals surface area contributed by atoms with Gasteiger partial charge in [0.25, 0.3) is 0 Å². The van der Waals surface area contributed by atoms with Gasteiger partial charge in [0, 0.05) is 20.7 Å². The number of hydrogen-bond acceptors (Lipinski definition) is 1. The fourth-order valence-corrected chi connectivity index (χ4v) is 6.76. The molecule has 1 aliphatic carbocycles. The summed E-state index contributed by atoms with van der Waals surface area (Å²) in [6.07, 6.45) is 10.2. The van der Waals surface area contributed by atoms with E-state index in [-0.39, 0.29) is 0 Å². The maximum atomic E-state index is 3.76. The van der Waals surface area contributed by atoms with E-state index in [0.29, 0.717) is 11.5 Å². The summed E-state index contributed by atoms with van der Waals surface area (Å²) >= 11 is 0. The molecule has 0 saturated heterocycles. The zero-order chi connectivity index (χ0) is 15.2. The maximum absolute atomic E-state index is 3.76. The molecule has 120 valence electrons. The summed E-state index contributed by atoms with van der Waals surface area (Å²) in [4.78, 5) is 0. The van der Waals surface area contributed by atoms with Crippen molar-refractivity contribution in [1.82, 2.24) is 5.32 Å². The molecule has 0 aromatic heterocycles. The van der Waals surface area contributed by atoms with Gasteiger partial charge >= 0.3 is 0 Å². The Morgan fingerprint density at radius 1 is 1.15 bits per heavy atom. The number of rotatable bonds is 8. The van der Waals surface area contributed by atoms with E-state index in [0.717, 1.165) is 5.92 Å². The highest BCUT2D eigenvalue weighted by molar-refractivity contribution is 6.76. The van der Waals surface area contributed by atoms with E-state index >= 15 is 0 Å². The summed E-state index contributed by atoms with van der Waals surface area (Å²) in [6.45, 7) is 15.8. The smallest absolute Gasteiger partial charge is 0.0448 e. The predicted octanol–water partition coefficient (Wildman–Crippen LogP) is 5.69. The van der Waals surface area contributed by atoms with E-state index in [1.807, 2.05) is 0 Å². The molecule has 0 aromatic rings. The lowest BCUT2D eigenvalue weighted by atomic mass is 9.70. The van der Waals surface area contributed by atoms with Crippen LogP contribution in [0.15, 0.2) is 0 Å². The van der Waals surface area contributed by atoms with E-state index in [4.69, 9.17) is 0 Å². The largest absolute Gasteiger partial charge is 0.314 e. The van der Waals surface area contributed by atoms with Crippen molar-refractivity contribution in [2.45, 2.75) is 97.4 Å². The first-order chi connectivity index (χ1) is 9.26. The second kappa shape index (κ2) is 7.98. The van der Waals surface area contributed by atoms with Crippen molar-refractivity contribution in [2.75, 3.05) is 6.54 Å². The van der Waals surface area contributed by atoms with Crippen molar-refractivity contribution >= 4 is 8.07 Å². The second-order valence-electron chi connectivity index (χ2n) is 8.86. The highest BCUT2D eigenvalue weighted by Gasteiger charge is 2.38.